The van der Waals surface area contributed by atoms with Crippen LogP contribution < -0.4 is 5.32 Å². The summed E-state index contributed by atoms with van der Waals surface area (Å²) < 4.78 is 5.00. The fraction of sp³-hybridized carbons (Fsp3) is 0.500. The smallest absolute Gasteiger partial charge is 0.257 e. The number of aromatic nitrogens is 2. The van der Waals surface area contributed by atoms with E-state index in [2.05, 4.69) is 15.5 Å². The number of anilines is 1. The molecule has 0 radical (unpaired) electrons. The predicted octanol–water partition coefficient (Wildman–Crippen LogP) is 0.773. The first kappa shape index (κ1) is 9.73. The van der Waals surface area contributed by atoms with Crippen molar-refractivity contribution in [2.24, 2.45) is 0 Å². The van der Waals surface area contributed by atoms with Crippen LogP contribution in [0.2, 0.25) is 0 Å². The third kappa shape index (κ3) is 2.29. The molecule has 1 heterocycles. The van der Waals surface area contributed by atoms with Crippen molar-refractivity contribution in [2.45, 2.75) is 19.4 Å². The Balaban J connectivity index is 2.61. The summed E-state index contributed by atoms with van der Waals surface area (Å²) in [6, 6.07) is 1.67. The molecule has 0 fully saturated rings. The van der Waals surface area contributed by atoms with Gasteiger partial charge >= 0.3 is 0 Å². The quantitative estimate of drug-likeness (QED) is 0.727. The van der Waals surface area contributed by atoms with Gasteiger partial charge < -0.3 is 10.1 Å². The first-order valence-electron chi connectivity index (χ1n) is 3.92. The molecule has 5 nitrogen and oxygen atoms in total. The minimum atomic E-state index is -0.828. The van der Waals surface area contributed by atoms with E-state index in [1.807, 2.05) is 0 Å². The lowest BCUT2D eigenvalue weighted by Gasteiger charge is -2.20. The third-order valence-electron chi connectivity index (χ3n) is 1.81. The van der Waals surface area contributed by atoms with Crippen LogP contribution in [0.4, 0.5) is 5.82 Å². The number of methoxy groups -OCH3 is 1. The molecule has 2 N–H and O–H groups in total. The van der Waals surface area contributed by atoms with Crippen LogP contribution in [0.1, 0.15) is 13.8 Å². The zero-order chi connectivity index (χ0) is 9.90. The molecule has 1 rings (SSSR count). The van der Waals surface area contributed by atoms with Crippen molar-refractivity contribution in [3.05, 3.63) is 12.3 Å². The average Bonchev–Trinajstić information content (AvgIpc) is 2.57. The van der Waals surface area contributed by atoms with E-state index in [9.17, 15) is 4.79 Å². The Morgan fingerprint density at radius 1 is 1.69 bits per heavy atom. The molecular weight excluding hydrogens is 170 g/mol. The lowest BCUT2D eigenvalue weighted by molar-refractivity contribution is -0.133. The maximum Gasteiger partial charge on any atom is 0.257 e. The molecule has 0 aliphatic carbocycles. The Morgan fingerprint density at radius 3 is 2.85 bits per heavy atom. The number of aromatic amines is 1. The minimum Gasteiger partial charge on any atom is -0.369 e. The number of nitrogens with zero attached hydrogens (tertiary/aromatic N) is 1. The molecule has 0 aliphatic heterocycles. The number of H-pyrrole nitrogens is 1. The van der Waals surface area contributed by atoms with Gasteiger partial charge in [0.15, 0.2) is 0 Å². The first-order valence-corrected chi connectivity index (χ1v) is 3.92. The van der Waals surface area contributed by atoms with E-state index in [0.29, 0.717) is 5.82 Å². The van der Waals surface area contributed by atoms with E-state index in [0.717, 1.165) is 0 Å². The highest BCUT2D eigenvalue weighted by Gasteiger charge is 2.26. The fourth-order valence-corrected chi connectivity index (χ4v) is 0.691. The summed E-state index contributed by atoms with van der Waals surface area (Å²) in [5, 5.41) is 8.96. The summed E-state index contributed by atoms with van der Waals surface area (Å²) in [5.41, 5.74) is -0.828. The van der Waals surface area contributed by atoms with Gasteiger partial charge in [-0.25, -0.2) is 0 Å². The summed E-state index contributed by atoms with van der Waals surface area (Å²) in [6.45, 7) is 3.39. The van der Waals surface area contributed by atoms with Crippen LogP contribution in [-0.2, 0) is 9.53 Å². The molecule has 0 aliphatic rings. The molecule has 13 heavy (non-hydrogen) atoms. The Morgan fingerprint density at radius 2 is 2.38 bits per heavy atom. The molecular formula is C8H13N3O2. The number of ether oxygens (including phenoxy) is 1. The highest BCUT2D eigenvalue weighted by atomic mass is 16.5. The van der Waals surface area contributed by atoms with Crippen LogP contribution in [0.3, 0.4) is 0 Å². The number of carbonyl (C=O) groups is 1. The second-order valence-electron chi connectivity index (χ2n) is 3.14. The first-order chi connectivity index (χ1) is 6.06. The van der Waals surface area contributed by atoms with Crippen LogP contribution in [0.5, 0.6) is 0 Å². The maximum absolute atomic E-state index is 11.5. The molecule has 0 saturated heterocycles. The van der Waals surface area contributed by atoms with Gasteiger partial charge in [0.25, 0.3) is 5.91 Å². The van der Waals surface area contributed by atoms with Crippen molar-refractivity contribution in [1.82, 2.24) is 10.2 Å². The van der Waals surface area contributed by atoms with Gasteiger partial charge in [0.1, 0.15) is 11.4 Å². The van der Waals surface area contributed by atoms with Crippen LogP contribution in [0.25, 0.3) is 0 Å². The van der Waals surface area contributed by atoms with Crippen LogP contribution in [0.15, 0.2) is 12.3 Å². The number of amides is 1. The van der Waals surface area contributed by atoms with Crippen molar-refractivity contribution in [3.63, 3.8) is 0 Å². The molecule has 0 aromatic carbocycles. The molecule has 0 saturated carbocycles. The number of carbonyl (C=O) groups excluding carboxylic acids is 1. The standard InChI is InChI=1S/C8H13N3O2/c1-8(2,13-3)7(12)10-6-4-5-9-11-6/h4-5H,1-3H3,(H2,9,10,11,12). The summed E-state index contributed by atoms with van der Waals surface area (Å²) in [4.78, 5) is 11.5. The molecule has 0 atom stereocenters. The van der Waals surface area contributed by atoms with E-state index in [1.165, 1.54) is 7.11 Å². The SMILES string of the molecule is COC(C)(C)C(=O)Nc1ccn[nH]1. The van der Waals surface area contributed by atoms with E-state index in [4.69, 9.17) is 4.74 Å². The van der Waals surface area contributed by atoms with E-state index in [1.54, 1.807) is 26.1 Å². The Labute approximate surface area is 76.5 Å². The molecule has 5 heteroatoms. The van der Waals surface area contributed by atoms with Gasteiger partial charge in [-0.2, -0.15) is 5.10 Å². The molecule has 0 unspecified atom stereocenters. The maximum atomic E-state index is 11.5. The summed E-state index contributed by atoms with van der Waals surface area (Å²) in [7, 11) is 1.49. The molecule has 72 valence electrons. The van der Waals surface area contributed by atoms with Gasteiger partial charge in [0.05, 0.1) is 6.20 Å². The van der Waals surface area contributed by atoms with Crippen molar-refractivity contribution < 1.29 is 9.53 Å². The van der Waals surface area contributed by atoms with Crippen LogP contribution in [-0.4, -0.2) is 28.8 Å². The summed E-state index contributed by atoms with van der Waals surface area (Å²) in [6.07, 6.45) is 1.56. The van der Waals surface area contributed by atoms with Gasteiger partial charge in [-0.15, -0.1) is 0 Å². The third-order valence-corrected chi connectivity index (χ3v) is 1.81. The molecule has 1 amide bonds. The molecule has 1 aromatic heterocycles. The lowest BCUT2D eigenvalue weighted by atomic mass is 10.1. The van der Waals surface area contributed by atoms with Crippen molar-refractivity contribution >= 4 is 11.7 Å². The number of hydrogen-bond donors (Lipinski definition) is 2. The topological polar surface area (TPSA) is 67.0 Å². The van der Waals surface area contributed by atoms with Gasteiger partial charge in [0.2, 0.25) is 0 Å². The number of nitrogens with one attached hydrogen (secondary N) is 2. The predicted molar refractivity (Wildman–Crippen MR) is 48.3 cm³/mol. The van der Waals surface area contributed by atoms with E-state index < -0.39 is 5.60 Å². The highest BCUT2D eigenvalue weighted by Crippen LogP contribution is 2.10. The zero-order valence-corrected chi connectivity index (χ0v) is 7.92. The second kappa shape index (κ2) is 3.57. The van der Waals surface area contributed by atoms with E-state index >= 15 is 0 Å². The van der Waals surface area contributed by atoms with Crippen molar-refractivity contribution in [2.75, 3.05) is 12.4 Å². The Kier molecular flexibility index (Phi) is 2.67. The number of hydrogen-bond acceptors (Lipinski definition) is 3. The number of rotatable bonds is 3. The molecule has 1 aromatic rings. The fourth-order valence-electron chi connectivity index (χ4n) is 0.691. The largest absolute Gasteiger partial charge is 0.369 e. The zero-order valence-electron chi connectivity index (χ0n) is 7.92. The molecule has 0 bridgehead atoms. The van der Waals surface area contributed by atoms with Crippen LogP contribution in [0, 0.1) is 0 Å². The van der Waals surface area contributed by atoms with Gasteiger partial charge in [-0.05, 0) is 13.8 Å². The normalized spacial score (nSPS) is 11.3. The van der Waals surface area contributed by atoms with Crippen LogP contribution >= 0.6 is 0 Å². The van der Waals surface area contributed by atoms with Gasteiger partial charge in [0, 0.05) is 13.2 Å². The van der Waals surface area contributed by atoms with Gasteiger partial charge in [-0.3, -0.25) is 9.89 Å². The summed E-state index contributed by atoms with van der Waals surface area (Å²) >= 11 is 0. The lowest BCUT2D eigenvalue weighted by Crippen LogP contribution is -2.38. The molecule has 0 spiro atoms. The average molecular weight is 183 g/mol. The highest BCUT2D eigenvalue weighted by molar-refractivity contribution is 5.95. The van der Waals surface area contributed by atoms with Crippen molar-refractivity contribution in [1.29, 1.82) is 0 Å². The van der Waals surface area contributed by atoms with E-state index in [-0.39, 0.29) is 5.91 Å². The second-order valence-corrected chi connectivity index (χ2v) is 3.14. The minimum absolute atomic E-state index is 0.209. The summed E-state index contributed by atoms with van der Waals surface area (Å²) in [5.74, 6) is 0.356. The van der Waals surface area contributed by atoms with Gasteiger partial charge in [-0.1, -0.05) is 0 Å². The Hall–Kier alpha value is -1.36. The van der Waals surface area contributed by atoms with Crippen molar-refractivity contribution in [3.8, 4) is 0 Å². The monoisotopic (exact) mass is 183 g/mol. The Bertz CT molecular complexity index is 280.